The van der Waals surface area contributed by atoms with Gasteiger partial charge in [-0.15, -0.1) is 0 Å². The van der Waals surface area contributed by atoms with E-state index in [1.165, 1.54) is 0 Å². The highest BCUT2D eigenvalue weighted by atomic mass is 16.5. The summed E-state index contributed by atoms with van der Waals surface area (Å²) in [7, 11) is 3.59. The SMILES string of the molecule is CN(C)c1noc(C(O)CCN)n1. The maximum atomic E-state index is 9.42. The normalized spacial score (nSPS) is 12.9. The minimum absolute atomic E-state index is 0.217. The van der Waals surface area contributed by atoms with E-state index in [-0.39, 0.29) is 5.89 Å². The van der Waals surface area contributed by atoms with Crippen LogP contribution in [0.25, 0.3) is 0 Å². The number of nitrogens with zero attached hydrogens (tertiary/aromatic N) is 3. The monoisotopic (exact) mass is 186 g/mol. The van der Waals surface area contributed by atoms with Crippen molar-refractivity contribution in [1.82, 2.24) is 10.1 Å². The Labute approximate surface area is 76.3 Å². The van der Waals surface area contributed by atoms with E-state index in [2.05, 4.69) is 10.1 Å². The van der Waals surface area contributed by atoms with Crippen molar-refractivity contribution >= 4 is 5.95 Å². The number of hydrogen-bond donors (Lipinski definition) is 2. The van der Waals surface area contributed by atoms with E-state index in [1.54, 1.807) is 19.0 Å². The van der Waals surface area contributed by atoms with Gasteiger partial charge in [0.15, 0.2) is 0 Å². The Hall–Kier alpha value is -1.14. The summed E-state index contributed by atoms with van der Waals surface area (Å²) in [5.41, 5.74) is 5.27. The van der Waals surface area contributed by atoms with Crippen molar-refractivity contribution in [1.29, 1.82) is 0 Å². The van der Waals surface area contributed by atoms with Crippen molar-refractivity contribution in [2.75, 3.05) is 25.5 Å². The number of nitrogens with two attached hydrogens (primary N) is 1. The summed E-state index contributed by atoms with van der Waals surface area (Å²) in [6, 6.07) is 0. The van der Waals surface area contributed by atoms with Crippen LogP contribution in [0.1, 0.15) is 18.4 Å². The van der Waals surface area contributed by atoms with Crippen molar-refractivity contribution in [2.45, 2.75) is 12.5 Å². The summed E-state index contributed by atoms with van der Waals surface area (Å²) in [6.45, 7) is 0.390. The second-order valence-corrected chi connectivity index (χ2v) is 2.92. The first-order valence-electron chi connectivity index (χ1n) is 4.04. The molecule has 1 aromatic heterocycles. The van der Waals surface area contributed by atoms with Crippen LogP contribution in [0.5, 0.6) is 0 Å². The first kappa shape index (κ1) is 9.94. The van der Waals surface area contributed by atoms with Crippen LogP contribution in [0.2, 0.25) is 0 Å². The molecule has 13 heavy (non-hydrogen) atoms. The Morgan fingerprint density at radius 2 is 2.31 bits per heavy atom. The van der Waals surface area contributed by atoms with Crippen molar-refractivity contribution in [3.8, 4) is 0 Å². The Bertz CT molecular complexity index is 261. The molecule has 0 radical (unpaired) electrons. The largest absolute Gasteiger partial charge is 0.383 e. The summed E-state index contributed by atoms with van der Waals surface area (Å²) in [6.07, 6.45) is -0.332. The van der Waals surface area contributed by atoms with Gasteiger partial charge in [0.1, 0.15) is 6.10 Å². The van der Waals surface area contributed by atoms with Crippen LogP contribution in [0.4, 0.5) is 5.95 Å². The van der Waals surface area contributed by atoms with Gasteiger partial charge in [0.2, 0.25) is 0 Å². The van der Waals surface area contributed by atoms with Gasteiger partial charge in [0.05, 0.1) is 0 Å². The molecule has 0 saturated heterocycles. The van der Waals surface area contributed by atoms with Crippen LogP contribution in [0.15, 0.2) is 4.52 Å². The number of anilines is 1. The van der Waals surface area contributed by atoms with E-state index in [0.29, 0.717) is 18.9 Å². The number of rotatable bonds is 4. The number of hydrogen-bond acceptors (Lipinski definition) is 6. The van der Waals surface area contributed by atoms with Gasteiger partial charge in [-0.3, -0.25) is 0 Å². The third-order valence-corrected chi connectivity index (χ3v) is 1.56. The molecule has 0 fully saturated rings. The molecule has 1 rings (SSSR count). The summed E-state index contributed by atoms with van der Waals surface area (Å²) < 4.78 is 4.83. The van der Waals surface area contributed by atoms with Gasteiger partial charge in [0.25, 0.3) is 11.8 Å². The second kappa shape index (κ2) is 4.20. The van der Waals surface area contributed by atoms with E-state index in [0.717, 1.165) is 0 Å². The molecular weight excluding hydrogens is 172 g/mol. The zero-order chi connectivity index (χ0) is 9.84. The van der Waals surface area contributed by atoms with Crippen LogP contribution in [0, 0.1) is 0 Å². The molecule has 0 spiro atoms. The first-order chi connectivity index (χ1) is 6.15. The zero-order valence-corrected chi connectivity index (χ0v) is 7.77. The topological polar surface area (TPSA) is 88.4 Å². The average Bonchev–Trinajstić information content (AvgIpc) is 2.52. The molecule has 0 aromatic carbocycles. The Morgan fingerprint density at radius 3 is 2.77 bits per heavy atom. The van der Waals surface area contributed by atoms with Gasteiger partial charge in [-0.25, -0.2) is 0 Å². The number of aliphatic hydroxyl groups excluding tert-OH is 1. The van der Waals surface area contributed by atoms with E-state index < -0.39 is 6.10 Å². The lowest BCUT2D eigenvalue weighted by Crippen LogP contribution is -2.11. The van der Waals surface area contributed by atoms with Gasteiger partial charge in [-0.2, -0.15) is 4.98 Å². The summed E-state index contributed by atoms with van der Waals surface area (Å²) >= 11 is 0. The Morgan fingerprint density at radius 1 is 1.62 bits per heavy atom. The molecule has 0 bridgehead atoms. The van der Waals surface area contributed by atoms with Crippen LogP contribution >= 0.6 is 0 Å². The Balaban J connectivity index is 2.67. The molecule has 6 nitrogen and oxygen atoms in total. The summed E-state index contributed by atoms with van der Waals surface area (Å²) in [5.74, 6) is 0.667. The molecule has 3 N–H and O–H groups in total. The fourth-order valence-corrected chi connectivity index (χ4v) is 0.825. The molecular formula is C7H14N4O2. The number of aliphatic hydroxyl groups is 1. The standard InChI is InChI=1S/C7H14N4O2/c1-11(2)7-9-6(13-10-7)5(12)3-4-8/h5,12H,3-4,8H2,1-2H3. The molecule has 0 amide bonds. The molecule has 1 aromatic rings. The minimum Gasteiger partial charge on any atom is -0.383 e. The maximum absolute atomic E-state index is 9.42. The average molecular weight is 186 g/mol. The molecule has 0 aliphatic rings. The van der Waals surface area contributed by atoms with Gasteiger partial charge in [-0.05, 0) is 18.1 Å². The highest BCUT2D eigenvalue weighted by molar-refractivity contribution is 5.23. The molecule has 0 aliphatic carbocycles. The van der Waals surface area contributed by atoms with Crippen LogP contribution in [0.3, 0.4) is 0 Å². The maximum Gasteiger partial charge on any atom is 0.265 e. The zero-order valence-electron chi connectivity index (χ0n) is 7.77. The molecule has 0 saturated carbocycles. The minimum atomic E-state index is -0.758. The first-order valence-corrected chi connectivity index (χ1v) is 4.04. The van der Waals surface area contributed by atoms with Crippen molar-refractivity contribution in [3.63, 3.8) is 0 Å². The smallest absolute Gasteiger partial charge is 0.265 e. The summed E-state index contributed by atoms with van der Waals surface area (Å²) in [5, 5.41) is 13.1. The molecule has 6 heteroatoms. The van der Waals surface area contributed by atoms with E-state index in [1.807, 2.05) is 0 Å². The predicted molar refractivity (Wildman–Crippen MR) is 47.3 cm³/mol. The van der Waals surface area contributed by atoms with Gasteiger partial charge < -0.3 is 20.3 Å². The van der Waals surface area contributed by atoms with Crippen molar-refractivity contribution in [3.05, 3.63) is 5.89 Å². The van der Waals surface area contributed by atoms with Crippen LogP contribution < -0.4 is 10.6 Å². The van der Waals surface area contributed by atoms with Gasteiger partial charge >= 0.3 is 0 Å². The van der Waals surface area contributed by atoms with E-state index in [4.69, 9.17) is 10.3 Å². The molecule has 1 atom stereocenters. The fraction of sp³-hybridized carbons (Fsp3) is 0.714. The third-order valence-electron chi connectivity index (χ3n) is 1.56. The second-order valence-electron chi connectivity index (χ2n) is 2.92. The number of aromatic nitrogens is 2. The fourth-order valence-electron chi connectivity index (χ4n) is 0.825. The lowest BCUT2D eigenvalue weighted by atomic mass is 10.2. The van der Waals surface area contributed by atoms with Crippen LogP contribution in [-0.2, 0) is 0 Å². The third kappa shape index (κ3) is 2.40. The predicted octanol–water partition coefficient (Wildman–Crippen LogP) is -0.482. The highest BCUT2D eigenvalue weighted by Crippen LogP contribution is 2.15. The van der Waals surface area contributed by atoms with Crippen LogP contribution in [-0.4, -0.2) is 35.9 Å². The Kier molecular flexibility index (Phi) is 3.21. The van der Waals surface area contributed by atoms with Crippen molar-refractivity contribution in [2.24, 2.45) is 5.73 Å². The van der Waals surface area contributed by atoms with Crippen molar-refractivity contribution < 1.29 is 9.63 Å². The van der Waals surface area contributed by atoms with Gasteiger partial charge in [-0.1, -0.05) is 0 Å². The lowest BCUT2D eigenvalue weighted by Gasteiger charge is -2.03. The quantitative estimate of drug-likeness (QED) is 0.660. The molecule has 74 valence electrons. The highest BCUT2D eigenvalue weighted by Gasteiger charge is 2.15. The molecule has 0 aliphatic heterocycles. The summed E-state index contributed by atoms with van der Waals surface area (Å²) in [4.78, 5) is 5.67. The lowest BCUT2D eigenvalue weighted by molar-refractivity contribution is 0.127. The van der Waals surface area contributed by atoms with Gasteiger partial charge in [0, 0.05) is 14.1 Å². The molecule has 1 unspecified atom stereocenters. The van der Waals surface area contributed by atoms with E-state index in [9.17, 15) is 5.11 Å². The van der Waals surface area contributed by atoms with E-state index >= 15 is 0 Å². The molecule has 1 heterocycles.